The van der Waals surface area contributed by atoms with Crippen molar-refractivity contribution in [3.05, 3.63) is 24.4 Å². The zero-order valence-electron chi connectivity index (χ0n) is 9.63. The van der Waals surface area contributed by atoms with Gasteiger partial charge in [-0.2, -0.15) is 5.26 Å². The van der Waals surface area contributed by atoms with E-state index in [0.717, 1.165) is 25.1 Å². The van der Waals surface area contributed by atoms with Gasteiger partial charge in [0, 0.05) is 18.3 Å². The minimum absolute atomic E-state index is 0.462. The molecule has 15 heavy (non-hydrogen) atoms. The minimum Gasteiger partial charge on any atom is -0.371 e. The van der Waals surface area contributed by atoms with Crippen LogP contribution in [0.15, 0.2) is 24.4 Å². The average Bonchev–Trinajstić information content (AvgIpc) is 2.62. The molecule has 0 aromatic heterocycles. The molecule has 0 N–H and O–H groups in total. The number of nitrogens with zero attached hydrogens (tertiary/aromatic N) is 2. The van der Waals surface area contributed by atoms with Gasteiger partial charge in [0.05, 0.1) is 12.5 Å². The summed E-state index contributed by atoms with van der Waals surface area (Å²) in [6.07, 6.45) is 5.16. The summed E-state index contributed by atoms with van der Waals surface area (Å²) in [6, 6.07) is 2.76. The van der Waals surface area contributed by atoms with E-state index < -0.39 is 0 Å². The smallest absolute Gasteiger partial charge is 0.0745 e. The SMILES string of the molecule is C=C(C)CCC1CCCN1C(=C)CC#N. The Balaban J connectivity index is 2.46. The Morgan fingerprint density at radius 3 is 2.87 bits per heavy atom. The Morgan fingerprint density at radius 2 is 2.27 bits per heavy atom. The van der Waals surface area contributed by atoms with E-state index in [-0.39, 0.29) is 0 Å². The Morgan fingerprint density at radius 1 is 1.53 bits per heavy atom. The van der Waals surface area contributed by atoms with Crippen LogP contribution in [0.4, 0.5) is 0 Å². The predicted octanol–water partition coefficient (Wildman–Crippen LogP) is 3.23. The summed E-state index contributed by atoms with van der Waals surface area (Å²) >= 11 is 0. The molecule has 1 saturated heterocycles. The van der Waals surface area contributed by atoms with Crippen LogP contribution in [0.3, 0.4) is 0 Å². The molecule has 2 heteroatoms. The Labute approximate surface area is 92.9 Å². The molecule has 0 bridgehead atoms. The van der Waals surface area contributed by atoms with Gasteiger partial charge >= 0.3 is 0 Å². The highest BCUT2D eigenvalue weighted by atomic mass is 15.2. The van der Waals surface area contributed by atoms with Gasteiger partial charge in [-0.25, -0.2) is 0 Å². The van der Waals surface area contributed by atoms with Gasteiger partial charge in [-0.05, 0) is 32.6 Å². The van der Waals surface area contributed by atoms with E-state index in [2.05, 4.69) is 31.1 Å². The van der Waals surface area contributed by atoms with Gasteiger partial charge in [0.1, 0.15) is 0 Å². The summed E-state index contributed by atoms with van der Waals surface area (Å²) in [7, 11) is 0. The van der Waals surface area contributed by atoms with Gasteiger partial charge in [-0.1, -0.05) is 12.2 Å². The molecular weight excluding hydrogens is 184 g/mol. The second kappa shape index (κ2) is 5.60. The van der Waals surface area contributed by atoms with Crippen LogP contribution in [-0.4, -0.2) is 17.5 Å². The molecule has 0 aromatic rings. The molecule has 82 valence electrons. The minimum atomic E-state index is 0.462. The molecule has 1 aliphatic heterocycles. The second-order valence-corrected chi connectivity index (χ2v) is 4.39. The van der Waals surface area contributed by atoms with E-state index >= 15 is 0 Å². The summed E-state index contributed by atoms with van der Waals surface area (Å²) in [5.74, 6) is 0. The lowest BCUT2D eigenvalue weighted by atomic mass is 10.1. The van der Waals surface area contributed by atoms with Crippen LogP contribution in [0.25, 0.3) is 0 Å². The molecule has 0 spiro atoms. The van der Waals surface area contributed by atoms with Gasteiger partial charge in [0.25, 0.3) is 0 Å². The fourth-order valence-corrected chi connectivity index (χ4v) is 2.16. The molecule has 0 saturated carbocycles. The van der Waals surface area contributed by atoms with Crippen LogP contribution in [-0.2, 0) is 0 Å². The van der Waals surface area contributed by atoms with Crippen molar-refractivity contribution in [1.29, 1.82) is 5.26 Å². The highest BCUT2D eigenvalue weighted by Crippen LogP contribution is 2.26. The summed E-state index contributed by atoms with van der Waals surface area (Å²) in [5, 5.41) is 8.65. The van der Waals surface area contributed by atoms with E-state index in [1.807, 2.05) is 0 Å². The fraction of sp³-hybridized carbons (Fsp3) is 0.615. The Hall–Kier alpha value is -1.23. The highest BCUT2D eigenvalue weighted by molar-refractivity contribution is 5.06. The average molecular weight is 204 g/mol. The number of likely N-dealkylation sites (tertiary alicyclic amines) is 1. The second-order valence-electron chi connectivity index (χ2n) is 4.39. The fourth-order valence-electron chi connectivity index (χ4n) is 2.16. The molecule has 0 radical (unpaired) electrons. The molecule has 0 aliphatic carbocycles. The van der Waals surface area contributed by atoms with Crippen LogP contribution in [0, 0.1) is 11.3 Å². The van der Waals surface area contributed by atoms with Crippen LogP contribution < -0.4 is 0 Å². The van der Waals surface area contributed by atoms with Crippen molar-refractivity contribution in [2.75, 3.05) is 6.54 Å². The Kier molecular flexibility index (Phi) is 4.42. The monoisotopic (exact) mass is 204 g/mol. The first kappa shape index (κ1) is 11.8. The maximum absolute atomic E-state index is 8.65. The molecule has 1 aliphatic rings. The third kappa shape index (κ3) is 3.43. The molecular formula is C13H20N2. The largest absolute Gasteiger partial charge is 0.371 e. The van der Waals surface area contributed by atoms with Gasteiger partial charge in [0.15, 0.2) is 0 Å². The van der Waals surface area contributed by atoms with E-state index in [0.29, 0.717) is 12.5 Å². The predicted molar refractivity (Wildman–Crippen MR) is 63.1 cm³/mol. The van der Waals surface area contributed by atoms with Gasteiger partial charge in [0.2, 0.25) is 0 Å². The third-order valence-electron chi connectivity index (χ3n) is 2.97. The molecule has 0 aromatic carbocycles. The van der Waals surface area contributed by atoms with E-state index in [4.69, 9.17) is 5.26 Å². The van der Waals surface area contributed by atoms with Crippen molar-refractivity contribution in [1.82, 2.24) is 4.90 Å². The summed E-state index contributed by atoms with van der Waals surface area (Å²) in [6.45, 7) is 11.1. The number of hydrogen-bond donors (Lipinski definition) is 0. The lowest BCUT2D eigenvalue weighted by molar-refractivity contribution is 0.302. The van der Waals surface area contributed by atoms with Crippen LogP contribution >= 0.6 is 0 Å². The van der Waals surface area contributed by atoms with Crippen molar-refractivity contribution in [3.63, 3.8) is 0 Å². The number of hydrogen-bond acceptors (Lipinski definition) is 2. The van der Waals surface area contributed by atoms with Crippen molar-refractivity contribution in [3.8, 4) is 6.07 Å². The first-order valence-corrected chi connectivity index (χ1v) is 5.61. The maximum Gasteiger partial charge on any atom is 0.0745 e. The standard InChI is InChI=1S/C13H20N2/c1-11(2)6-7-13-5-4-10-15(13)12(3)8-9-14/h13H,1,3-8,10H2,2H3. The summed E-state index contributed by atoms with van der Waals surface area (Å²) in [4.78, 5) is 2.31. The Bertz CT molecular complexity index is 285. The molecule has 1 unspecified atom stereocenters. The lowest BCUT2D eigenvalue weighted by Crippen LogP contribution is -2.28. The van der Waals surface area contributed by atoms with Gasteiger partial charge in [-0.3, -0.25) is 0 Å². The van der Waals surface area contributed by atoms with Gasteiger partial charge < -0.3 is 4.90 Å². The summed E-state index contributed by atoms with van der Waals surface area (Å²) in [5.41, 5.74) is 2.23. The van der Waals surface area contributed by atoms with E-state index in [1.165, 1.54) is 18.4 Å². The van der Waals surface area contributed by atoms with Crippen LogP contribution in [0.2, 0.25) is 0 Å². The van der Waals surface area contributed by atoms with E-state index in [1.54, 1.807) is 0 Å². The van der Waals surface area contributed by atoms with Gasteiger partial charge in [-0.15, -0.1) is 6.58 Å². The number of rotatable bonds is 5. The van der Waals surface area contributed by atoms with Crippen molar-refractivity contribution >= 4 is 0 Å². The summed E-state index contributed by atoms with van der Waals surface area (Å²) < 4.78 is 0. The van der Waals surface area contributed by atoms with Crippen LogP contribution in [0.1, 0.15) is 39.0 Å². The molecule has 1 rings (SSSR count). The quantitative estimate of drug-likeness (QED) is 0.643. The van der Waals surface area contributed by atoms with Crippen molar-refractivity contribution in [2.45, 2.75) is 45.1 Å². The molecule has 1 atom stereocenters. The zero-order valence-corrected chi connectivity index (χ0v) is 9.63. The molecule has 1 fully saturated rings. The normalized spacial score (nSPS) is 20.0. The topological polar surface area (TPSA) is 27.0 Å². The molecule has 0 amide bonds. The number of allylic oxidation sites excluding steroid dienone is 2. The zero-order chi connectivity index (χ0) is 11.3. The maximum atomic E-state index is 8.65. The van der Waals surface area contributed by atoms with Crippen molar-refractivity contribution in [2.24, 2.45) is 0 Å². The molecule has 2 nitrogen and oxygen atoms in total. The lowest BCUT2D eigenvalue weighted by Gasteiger charge is -2.27. The number of nitriles is 1. The molecule has 1 heterocycles. The highest BCUT2D eigenvalue weighted by Gasteiger charge is 2.24. The van der Waals surface area contributed by atoms with E-state index in [9.17, 15) is 0 Å². The first-order valence-electron chi connectivity index (χ1n) is 5.61. The van der Waals surface area contributed by atoms with Crippen LogP contribution in [0.5, 0.6) is 0 Å². The first-order chi connectivity index (χ1) is 7.15. The third-order valence-corrected chi connectivity index (χ3v) is 2.97. The van der Waals surface area contributed by atoms with Crippen molar-refractivity contribution < 1.29 is 0 Å².